The summed E-state index contributed by atoms with van der Waals surface area (Å²) in [5.41, 5.74) is 0.956. The van der Waals surface area contributed by atoms with Gasteiger partial charge in [-0.25, -0.2) is 4.79 Å². The van der Waals surface area contributed by atoms with E-state index >= 15 is 0 Å². The summed E-state index contributed by atoms with van der Waals surface area (Å²) in [6.07, 6.45) is 3.61. The number of likely N-dealkylation sites (N-methyl/N-ethyl adjacent to an activating group) is 1. The molecule has 0 aliphatic carbocycles. The quantitative estimate of drug-likeness (QED) is 0.894. The SMILES string of the molecule is C[C@H]1C[C@H](C)CN(C(=O)NCC(=O)N(C)CCc2ccccn2)C1. The highest BCUT2D eigenvalue weighted by Gasteiger charge is 2.25. The Bertz CT molecular complexity index is 539. The number of nitrogens with zero attached hydrogens (tertiary/aromatic N) is 3. The summed E-state index contributed by atoms with van der Waals surface area (Å²) in [4.78, 5) is 32.1. The van der Waals surface area contributed by atoms with Gasteiger partial charge in [-0.15, -0.1) is 0 Å². The molecule has 2 atom stereocenters. The summed E-state index contributed by atoms with van der Waals surface area (Å²) in [7, 11) is 1.75. The van der Waals surface area contributed by atoms with Gasteiger partial charge in [0.05, 0.1) is 6.54 Å². The molecule has 1 saturated heterocycles. The summed E-state index contributed by atoms with van der Waals surface area (Å²) >= 11 is 0. The fourth-order valence-electron chi connectivity index (χ4n) is 3.18. The molecule has 0 aromatic carbocycles. The van der Waals surface area contributed by atoms with Crippen molar-refractivity contribution in [2.24, 2.45) is 11.8 Å². The summed E-state index contributed by atoms with van der Waals surface area (Å²) in [5, 5.41) is 2.75. The van der Waals surface area contributed by atoms with E-state index in [-0.39, 0.29) is 18.5 Å². The smallest absolute Gasteiger partial charge is 0.317 e. The van der Waals surface area contributed by atoms with Crippen molar-refractivity contribution in [3.8, 4) is 0 Å². The molecule has 1 aromatic rings. The lowest BCUT2D eigenvalue weighted by atomic mass is 9.92. The molecule has 2 rings (SSSR count). The standard InChI is InChI=1S/C18H28N4O2/c1-14-10-15(2)13-22(12-14)18(24)20-11-17(23)21(3)9-7-16-6-4-5-8-19-16/h4-6,8,14-15H,7,9-13H2,1-3H3,(H,20,24)/t14-,15-/m0/s1. The number of aromatic nitrogens is 1. The summed E-state index contributed by atoms with van der Waals surface area (Å²) < 4.78 is 0. The van der Waals surface area contributed by atoms with Gasteiger partial charge in [0.1, 0.15) is 0 Å². The van der Waals surface area contributed by atoms with E-state index in [0.717, 1.165) is 25.2 Å². The number of amides is 3. The van der Waals surface area contributed by atoms with Gasteiger partial charge in [-0.1, -0.05) is 19.9 Å². The van der Waals surface area contributed by atoms with Crippen LogP contribution in [0.3, 0.4) is 0 Å². The van der Waals surface area contributed by atoms with Crippen LogP contribution in [0.5, 0.6) is 0 Å². The van der Waals surface area contributed by atoms with Crippen molar-refractivity contribution in [3.05, 3.63) is 30.1 Å². The lowest BCUT2D eigenvalue weighted by Crippen LogP contribution is -2.49. The van der Waals surface area contributed by atoms with Gasteiger partial charge in [0, 0.05) is 45.0 Å². The molecule has 1 aliphatic rings. The molecule has 24 heavy (non-hydrogen) atoms. The third-order valence-corrected chi connectivity index (χ3v) is 4.40. The number of rotatable bonds is 5. The van der Waals surface area contributed by atoms with E-state index in [4.69, 9.17) is 0 Å². The zero-order valence-electron chi connectivity index (χ0n) is 14.9. The molecule has 6 heteroatoms. The molecule has 0 saturated carbocycles. The molecule has 6 nitrogen and oxygen atoms in total. The average molecular weight is 332 g/mol. The topological polar surface area (TPSA) is 65.5 Å². The number of carbonyl (C=O) groups is 2. The van der Waals surface area contributed by atoms with E-state index in [1.54, 1.807) is 18.1 Å². The second-order valence-electron chi connectivity index (χ2n) is 6.90. The number of nitrogens with one attached hydrogen (secondary N) is 1. The van der Waals surface area contributed by atoms with E-state index in [9.17, 15) is 9.59 Å². The highest BCUT2D eigenvalue weighted by molar-refractivity contribution is 5.83. The predicted molar refractivity (Wildman–Crippen MR) is 93.5 cm³/mol. The highest BCUT2D eigenvalue weighted by atomic mass is 16.2. The van der Waals surface area contributed by atoms with Crippen LogP contribution in [0.25, 0.3) is 0 Å². The van der Waals surface area contributed by atoms with Crippen LogP contribution >= 0.6 is 0 Å². The third-order valence-electron chi connectivity index (χ3n) is 4.40. The first-order valence-electron chi connectivity index (χ1n) is 8.62. The summed E-state index contributed by atoms with van der Waals surface area (Å²) in [6, 6.07) is 5.61. The summed E-state index contributed by atoms with van der Waals surface area (Å²) in [6.45, 7) is 6.47. The van der Waals surface area contributed by atoms with Gasteiger partial charge < -0.3 is 15.1 Å². The maximum Gasteiger partial charge on any atom is 0.317 e. The van der Waals surface area contributed by atoms with Crippen molar-refractivity contribution in [1.29, 1.82) is 0 Å². The van der Waals surface area contributed by atoms with Crippen molar-refractivity contribution in [2.75, 3.05) is 33.2 Å². The minimum absolute atomic E-state index is 0.0385. The second kappa shape index (κ2) is 8.66. The van der Waals surface area contributed by atoms with E-state index in [2.05, 4.69) is 24.1 Å². The number of likely N-dealkylation sites (tertiary alicyclic amines) is 1. The molecule has 2 heterocycles. The van der Waals surface area contributed by atoms with Crippen molar-refractivity contribution >= 4 is 11.9 Å². The molecule has 3 amide bonds. The molecular weight excluding hydrogens is 304 g/mol. The van der Waals surface area contributed by atoms with E-state index in [1.165, 1.54) is 0 Å². The van der Waals surface area contributed by atoms with Gasteiger partial charge in [0.2, 0.25) is 5.91 Å². The monoisotopic (exact) mass is 332 g/mol. The van der Waals surface area contributed by atoms with Crippen LogP contribution in [0, 0.1) is 11.8 Å². The largest absolute Gasteiger partial charge is 0.344 e. The first kappa shape index (κ1) is 18.2. The molecule has 1 fully saturated rings. The van der Waals surface area contributed by atoms with Gasteiger partial charge in [0.15, 0.2) is 0 Å². The van der Waals surface area contributed by atoms with Crippen molar-refractivity contribution in [2.45, 2.75) is 26.7 Å². The highest BCUT2D eigenvalue weighted by Crippen LogP contribution is 2.20. The van der Waals surface area contributed by atoms with Crippen molar-refractivity contribution in [3.63, 3.8) is 0 Å². The van der Waals surface area contributed by atoms with Crippen molar-refractivity contribution < 1.29 is 9.59 Å². The fourth-order valence-corrected chi connectivity index (χ4v) is 3.18. The Hall–Kier alpha value is -2.11. The third kappa shape index (κ3) is 5.51. The van der Waals surface area contributed by atoms with Crippen LogP contribution in [-0.2, 0) is 11.2 Å². The van der Waals surface area contributed by atoms with Crippen LogP contribution in [0.1, 0.15) is 26.0 Å². The minimum atomic E-state index is -0.139. The minimum Gasteiger partial charge on any atom is -0.344 e. The Morgan fingerprint density at radius 1 is 1.29 bits per heavy atom. The van der Waals surface area contributed by atoms with Gasteiger partial charge in [-0.2, -0.15) is 0 Å². The van der Waals surface area contributed by atoms with Crippen LogP contribution in [0.2, 0.25) is 0 Å². The Balaban J connectivity index is 1.72. The molecule has 0 unspecified atom stereocenters. The van der Waals surface area contributed by atoms with Gasteiger partial charge in [-0.3, -0.25) is 9.78 Å². The lowest BCUT2D eigenvalue weighted by molar-refractivity contribution is -0.128. The molecule has 132 valence electrons. The number of piperidine rings is 1. The molecule has 1 aliphatic heterocycles. The van der Waals surface area contributed by atoms with Gasteiger partial charge >= 0.3 is 6.03 Å². The van der Waals surface area contributed by atoms with Crippen LogP contribution < -0.4 is 5.32 Å². The number of carbonyl (C=O) groups excluding carboxylic acids is 2. The molecule has 0 spiro atoms. The molecule has 1 N–H and O–H groups in total. The Morgan fingerprint density at radius 3 is 2.62 bits per heavy atom. The fraction of sp³-hybridized carbons (Fsp3) is 0.611. The summed E-state index contributed by atoms with van der Waals surface area (Å²) in [5.74, 6) is 0.935. The van der Waals surface area contributed by atoms with Crippen LogP contribution in [-0.4, -0.2) is 59.9 Å². The molecule has 1 aromatic heterocycles. The second-order valence-corrected chi connectivity index (χ2v) is 6.90. The zero-order chi connectivity index (χ0) is 17.5. The van der Waals surface area contributed by atoms with E-state index < -0.39 is 0 Å². The van der Waals surface area contributed by atoms with E-state index in [0.29, 0.717) is 24.8 Å². The van der Waals surface area contributed by atoms with Gasteiger partial charge in [0.25, 0.3) is 0 Å². The van der Waals surface area contributed by atoms with Crippen LogP contribution in [0.15, 0.2) is 24.4 Å². The lowest BCUT2D eigenvalue weighted by Gasteiger charge is -2.35. The van der Waals surface area contributed by atoms with Crippen molar-refractivity contribution in [1.82, 2.24) is 20.1 Å². The number of pyridine rings is 1. The van der Waals surface area contributed by atoms with Gasteiger partial charge in [-0.05, 0) is 30.4 Å². The molecule has 0 bridgehead atoms. The first-order chi connectivity index (χ1) is 11.5. The molecule has 0 radical (unpaired) electrons. The van der Waals surface area contributed by atoms with Crippen LogP contribution in [0.4, 0.5) is 4.79 Å². The number of hydrogen-bond donors (Lipinski definition) is 1. The number of urea groups is 1. The Labute approximate surface area is 144 Å². The first-order valence-corrected chi connectivity index (χ1v) is 8.62. The Morgan fingerprint density at radius 2 is 2.00 bits per heavy atom. The predicted octanol–water partition coefficient (Wildman–Crippen LogP) is 1.77. The normalized spacial score (nSPS) is 20.5. The maximum absolute atomic E-state index is 12.2. The number of hydrogen-bond acceptors (Lipinski definition) is 3. The van der Waals surface area contributed by atoms with E-state index in [1.807, 2.05) is 23.1 Å². The maximum atomic E-state index is 12.2. The zero-order valence-corrected chi connectivity index (χ0v) is 14.9. The average Bonchev–Trinajstić information content (AvgIpc) is 2.57. The molecular formula is C18H28N4O2. The Kier molecular flexibility index (Phi) is 6.58.